The predicted octanol–water partition coefficient (Wildman–Crippen LogP) is 4.48. The number of oxazole rings is 1. The van der Waals surface area contributed by atoms with Crippen LogP contribution in [0.15, 0.2) is 28.8 Å². The quantitative estimate of drug-likeness (QED) is 0.901. The first-order chi connectivity index (χ1) is 9.90. The number of hydrogen-bond donors (Lipinski definition) is 1. The van der Waals surface area contributed by atoms with Gasteiger partial charge < -0.3 is 9.73 Å². The Kier molecular flexibility index (Phi) is 4.46. The molecule has 1 aromatic heterocycles. The summed E-state index contributed by atoms with van der Waals surface area (Å²) >= 11 is 0. The topological polar surface area (TPSA) is 55.1 Å². The molecule has 1 heterocycles. The van der Waals surface area contributed by atoms with Crippen LogP contribution in [-0.4, -0.2) is 10.9 Å². The van der Waals surface area contributed by atoms with Crippen LogP contribution in [0.25, 0.3) is 0 Å². The first-order valence-corrected chi connectivity index (χ1v) is 7.26. The van der Waals surface area contributed by atoms with Gasteiger partial charge in [0.1, 0.15) is 0 Å². The minimum absolute atomic E-state index is 0.237. The van der Waals surface area contributed by atoms with Crippen LogP contribution >= 0.6 is 0 Å². The van der Waals surface area contributed by atoms with Crippen molar-refractivity contribution in [1.82, 2.24) is 4.98 Å². The van der Waals surface area contributed by atoms with Gasteiger partial charge in [-0.05, 0) is 23.0 Å². The molecule has 0 unspecified atom stereocenters. The Bertz CT molecular complexity index is 616. The molecule has 2 rings (SSSR count). The molecule has 1 amide bonds. The lowest BCUT2D eigenvalue weighted by Crippen LogP contribution is -2.15. The van der Waals surface area contributed by atoms with Gasteiger partial charge in [0.2, 0.25) is 5.76 Å². The van der Waals surface area contributed by atoms with Gasteiger partial charge in [-0.2, -0.15) is 0 Å². The third-order valence-corrected chi connectivity index (χ3v) is 3.46. The molecule has 1 aromatic carbocycles. The van der Waals surface area contributed by atoms with Crippen molar-refractivity contribution in [3.63, 3.8) is 0 Å². The molecular formula is C17H22N2O2. The number of anilines is 1. The molecule has 112 valence electrons. The van der Waals surface area contributed by atoms with E-state index in [9.17, 15) is 4.79 Å². The van der Waals surface area contributed by atoms with Gasteiger partial charge in [-0.1, -0.05) is 45.9 Å². The first kappa shape index (κ1) is 15.3. The molecule has 0 saturated carbocycles. The van der Waals surface area contributed by atoms with E-state index in [1.807, 2.05) is 6.07 Å². The third kappa shape index (κ3) is 3.32. The van der Waals surface area contributed by atoms with E-state index < -0.39 is 0 Å². The molecule has 0 spiro atoms. The predicted molar refractivity (Wildman–Crippen MR) is 83.8 cm³/mol. The number of hydrogen-bond acceptors (Lipinski definition) is 3. The lowest BCUT2D eigenvalue weighted by Gasteiger charge is -2.19. The monoisotopic (exact) mass is 286 g/mol. The fourth-order valence-electron chi connectivity index (χ4n) is 2.34. The van der Waals surface area contributed by atoms with Gasteiger partial charge in [0, 0.05) is 12.6 Å². The smallest absolute Gasteiger partial charge is 0.293 e. The Balaban J connectivity index is 2.39. The molecule has 0 aliphatic rings. The summed E-state index contributed by atoms with van der Waals surface area (Å²) in [5.41, 5.74) is 3.15. The van der Waals surface area contributed by atoms with Crippen LogP contribution in [0.3, 0.4) is 0 Å². The molecule has 0 radical (unpaired) electrons. The molecule has 0 aliphatic carbocycles. The van der Waals surface area contributed by atoms with E-state index in [-0.39, 0.29) is 11.7 Å². The number of amides is 1. The van der Waals surface area contributed by atoms with Crippen LogP contribution in [0, 0.1) is 6.92 Å². The zero-order chi connectivity index (χ0) is 15.6. The maximum atomic E-state index is 12.3. The number of rotatable bonds is 4. The van der Waals surface area contributed by atoms with Crippen LogP contribution in [0.2, 0.25) is 0 Å². The largest absolute Gasteiger partial charge is 0.436 e. The number of nitrogens with zero attached hydrogens (tertiary/aromatic N) is 1. The summed E-state index contributed by atoms with van der Waals surface area (Å²) in [6.07, 6.45) is 1.46. The van der Waals surface area contributed by atoms with Crippen LogP contribution in [0.5, 0.6) is 0 Å². The minimum Gasteiger partial charge on any atom is -0.436 e. The fourth-order valence-corrected chi connectivity index (χ4v) is 2.34. The highest BCUT2D eigenvalue weighted by atomic mass is 16.4. The average molecular weight is 286 g/mol. The van der Waals surface area contributed by atoms with Crippen molar-refractivity contribution in [2.75, 3.05) is 5.32 Å². The van der Waals surface area contributed by atoms with Crippen LogP contribution < -0.4 is 5.32 Å². The Morgan fingerprint density at radius 2 is 1.71 bits per heavy atom. The number of para-hydroxylation sites is 1. The van der Waals surface area contributed by atoms with Crippen LogP contribution in [0.1, 0.15) is 67.1 Å². The summed E-state index contributed by atoms with van der Waals surface area (Å²) < 4.78 is 5.30. The molecule has 2 aromatic rings. The molecular weight excluding hydrogens is 264 g/mol. The summed E-state index contributed by atoms with van der Waals surface area (Å²) in [7, 11) is 0. The molecule has 0 fully saturated rings. The van der Waals surface area contributed by atoms with E-state index in [0.717, 1.165) is 16.8 Å². The van der Waals surface area contributed by atoms with E-state index in [2.05, 4.69) is 50.1 Å². The van der Waals surface area contributed by atoms with Crippen molar-refractivity contribution in [2.24, 2.45) is 0 Å². The second-order valence-electron chi connectivity index (χ2n) is 5.82. The number of aromatic nitrogens is 1. The zero-order valence-corrected chi connectivity index (χ0v) is 13.2. The summed E-state index contributed by atoms with van der Waals surface area (Å²) in [5.74, 6) is 1.12. The zero-order valence-electron chi connectivity index (χ0n) is 13.2. The van der Waals surface area contributed by atoms with Crippen molar-refractivity contribution in [3.05, 3.63) is 47.2 Å². The fraction of sp³-hybridized carbons (Fsp3) is 0.412. The number of aryl methyl sites for hydroxylation is 1. The summed E-state index contributed by atoms with van der Waals surface area (Å²) in [6.45, 7) is 10.2. The number of benzene rings is 1. The molecule has 0 bridgehead atoms. The molecule has 21 heavy (non-hydrogen) atoms. The van der Waals surface area contributed by atoms with Gasteiger partial charge in [-0.25, -0.2) is 4.98 Å². The van der Waals surface area contributed by atoms with E-state index in [1.165, 1.54) is 6.20 Å². The van der Waals surface area contributed by atoms with Gasteiger partial charge in [0.05, 0.1) is 6.20 Å². The van der Waals surface area contributed by atoms with Gasteiger partial charge in [0.25, 0.3) is 5.91 Å². The van der Waals surface area contributed by atoms with Gasteiger partial charge in [-0.15, -0.1) is 0 Å². The lowest BCUT2D eigenvalue weighted by molar-refractivity contribution is 0.0995. The van der Waals surface area contributed by atoms with Crippen LogP contribution in [-0.2, 0) is 0 Å². The standard InChI is InChI=1S/C17H22N2O2/c1-10(2)13-7-6-8-14(11(3)4)16(13)19-17(20)15-9-18-12(5)21-15/h6-11H,1-5H3,(H,19,20). The van der Waals surface area contributed by atoms with Crippen molar-refractivity contribution in [3.8, 4) is 0 Å². The molecule has 1 N–H and O–H groups in total. The highest BCUT2D eigenvalue weighted by Gasteiger charge is 2.18. The summed E-state index contributed by atoms with van der Waals surface area (Å²) in [6, 6.07) is 6.15. The van der Waals surface area contributed by atoms with E-state index in [1.54, 1.807) is 6.92 Å². The van der Waals surface area contributed by atoms with E-state index >= 15 is 0 Å². The third-order valence-electron chi connectivity index (χ3n) is 3.46. The van der Waals surface area contributed by atoms with Gasteiger partial charge >= 0.3 is 0 Å². The van der Waals surface area contributed by atoms with Crippen LogP contribution in [0.4, 0.5) is 5.69 Å². The van der Waals surface area contributed by atoms with Crippen molar-refractivity contribution < 1.29 is 9.21 Å². The normalized spacial score (nSPS) is 11.2. The SMILES string of the molecule is Cc1ncc(C(=O)Nc2c(C(C)C)cccc2C(C)C)o1. The number of carbonyl (C=O) groups excluding carboxylic acids is 1. The molecule has 4 nitrogen and oxygen atoms in total. The average Bonchev–Trinajstić information content (AvgIpc) is 2.85. The first-order valence-electron chi connectivity index (χ1n) is 7.26. The van der Waals surface area contributed by atoms with Gasteiger partial charge in [-0.3, -0.25) is 4.79 Å². The van der Waals surface area contributed by atoms with Crippen molar-refractivity contribution in [1.29, 1.82) is 0 Å². The Hall–Kier alpha value is -2.10. The Morgan fingerprint density at radius 1 is 1.14 bits per heavy atom. The van der Waals surface area contributed by atoms with E-state index in [4.69, 9.17) is 4.42 Å². The highest BCUT2D eigenvalue weighted by molar-refractivity contribution is 6.03. The lowest BCUT2D eigenvalue weighted by atomic mass is 9.92. The molecule has 4 heteroatoms. The number of carbonyl (C=O) groups is 1. The van der Waals surface area contributed by atoms with Crippen molar-refractivity contribution in [2.45, 2.75) is 46.5 Å². The molecule has 0 saturated heterocycles. The summed E-state index contributed by atoms with van der Waals surface area (Å²) in [4.78, 5) is 16.3. The second kappa shape index (κ2) is 6.12. The molecule has 0 atom stereocenters. The van der Waals surface area contributed by atoms with Crippen molar-refractivity contribution >= 4 is 11.6 Å². The summed E-state index contributed by atoms with van der Waals surface area (Å²) in [5, 5.41) is 3.00. The maximum absolute atomic E-state index is 12.3. The number of nitrogens with one attached hydrogen (secondary N) is 1. The second-order valence-corrected chi connectivity index (χ2v) is 5.82. The minimum atomic E-state index is -0.259. The molecule has 0 aliphatic heterocycles. The highest BCUT2D eigenvalue weighted by Crippen LogP contribution is 2.32. The van der Waals surface area contributed by atoms with E-state index in [0.29, 0.717) is 17.7 Å². The van der Waals surface area contributed by atoms with Gasteiger partial charge in [0.15, 0.2) is 5.89 Å². The maximum Gasteiger partial charge on any atom is 0.293 e. The Morgan fingerprint density at radius 3 is 2.14 bits per heavy atom. The Labute approximate surface area is 125 Å².